The molecule has 0 radical (unpaired) electrons. The third-order valence-electron chi connectivity index (χ3n) is 3.35. The fourth-order valence-electron chi connectivity index (χ4n) is 2.07. The van der Waals surface area contributed by atoms with Crippen LogP contribution in [0.2, 0.25) is 0 Å². The van der Waals surface area contributed by atoms with Gasteiger partial charge in [-0.3, -0.25) is 5.10 Å². The summed E-state index contributed by atoms with van der Waals surface area (Å²) in [4.78, 5) is 4.55. The van der Waals surface area contributed by atoms with Crippen LogP contribution in [0, 0.1) is 0 Å². The molecule has 1 unspecified atom stereocenters. The van der Waals surface area contributed by atoms with Crippen molar-refractivity contribution in [2.24, 2.45) is 0 Å². The number of H-pyrrole nitrogens is 1. The maximum Gasteiger partial charge on any atom is 0.157 e. The van der Waals surface area contributed by atoms with Crippen LogP contribution >= 0.6 is 0 Å². The molecule has 0 fully saturated rings. The van der Waals surface area contributed by atoms with Gasteiger partial charge in [0.05, 0.1) is 0 Å². The van der Waals surface area contributed by atoms with Crippen LogP contribution in [0.3, 0.4) is 0 Å². The van der Waals surface area contributed by atoms with Gasteiger partial charge in [0.25, 0.3) is 0 Å². The van der Waals surface area contributed by atoms with Crippen molar-refractivity contribution in [3.63, 3.8) is 0 Å². The van der Waals surface area contributed by atoms with Gasteiger partial charge < -0.3 is 5.11 Å². The lowest BCUT2D eigenvalue weighted by molar-refractivity contribution is 0.475. The monoisotopic (exact) mass is 259 g/mol. The van der Waals surface area contributed by atoms with Crippen molar-refractivity contribution in [3.8, 4) is 5.75 Å². The molecule has 4 nitrogen and oxygen atoms in total. The van der Waals surface area contributed by atoms with Crippen molar-refractivity contribution in [3.05, 3.63) is 41.5 Å². The normalized spacial score (nSPS) is 12.5. The Labute approximate surface area is 113 Å². The van der Waals surface area contributed by atoms with Gasteiger partial charge in [-0.15, -0.1) is 0 Å². The van der Waals surface area contributed by atoms with E-state index in [0.29, 0.717) is 0 Å². The second kappa shape index (κ2) is 6.36. The molecule has 0 aliphatic carbocycles. The molecule has 102 valence electrons. The molecule has 0 bridgehead atoms. The lowest BCUT2D eigenvalue weighted by Gasteiger charge is -2.07. The van der Waals surface area contributed by atoms with Gasteiger partial charge in [0.15, 0.2) is 5.82 Å². The molecule has 1 heterocycles. The summed E-state index contributed by atoms with van der Waals surface area (Å²) >= 11 is 0. The fraction of sp³-hybridized carbons (Fsp3) is 0.467. The Bertz CT molecular complexity index is 504. The number of nitrogens with one attached hydrogen (secondary N) is 1. The van der Waals surface area contributed by atoms with Crippen molar-refractivity contribution < 1.29 is 5.11 Å². The van der Waals surface area contributed by atoms with Crippen LogP contribution in [0.5, 0.6) is 5.75 Å². The highest BCUT2D eigenvalue weighted by atomic mass is 16.3. The van der Waals surface area contributed by atoms with Crippen molar-refractivity contribution in [1.29, 1.82) is 0 Å². The Kier molecular flexibility index (Phi) is 4.55. The minimum atomic E-state index is 0.136. The highest BCUT2D eigenvalue weighted by Gasteiger charge is 2.13. The average Bonchev–Trinajstić information content (AvgIpc) is 2.88. The number of aryl methyl sites for hydroxylation is 1. The molecule has 0 aliphatic heterocycles. The van der Waals surface area contributed by atoms with Gasteiger partial charge >= 0.3 is 0 Å². The van der Waals surface area contributed by atoms with Crippen LogP contribution in [0.4, 0.5) is 0 Å². The SMILES string of the molecule is CCCCCc1nc(C(C)c2ccc(O)cc2)n[nH]1. The van der Waals surface area contributed by atoms with E-state index in [9.17, 15) is 5.11 Å². The van der Waals surface area contributed by atoms with E-state index in [0.717, 1.165) is 30.1 Å². The summed E-state index contributed by atoms with van der Waals surface area (Å²) < 4.78 is 0. The van der Waals surface area contributed by atoms with Crippen molar-refractivity contribution in [2.75, 3.05) is 0 Å². The summed E-state index contributed by atoms with van der Waals surface area (Å²) in [6.45, 7) is 4.27. The summed E-state index contributed by atoms with van der Waals surface area (Å²) in [6, 6.07) is 7.21. The molecular formula is C15H21N3O. The maximum atomic E-state index is 9.30. The summed E-state index contributed by atoms with van der Waals surface area (Å²) in [5.74, 6) is 2.20. The van der Waals surface area contributed by atoms with Crippen LogP contribution in [0.1, 0.15) is 56.2 Å². The largest absolute Gasteiger partial charge is 0.508 e. The molecular weight excluding hydrogens is 238 g/mol. The first-order valence-corrected chi connectivity index (χ1v) is 6.90. The number of phenols is 1. The van der Waals surface area contributed by atoms with Crippen molar-refractivity contribution in [1.82, 2.24) is 15.2 Å². The molecule has 2 N–H and O–H groups in total. The number of aromatic nitrogens is 3. The Balaban J connectivity index is 2.03. The Hall–Kier alpha value is -1.84. The lowest BCUT2D eigenvalue weighted by Crippen LogP contribution is -1.98. The van der Waals surface area contributed by atoms with Crippen LogP contribution in [-0.4, -0.2) is 20.3 Å². The quantitative estimate of drug-likeness (QED) is 0.782. The molecule has 0 amide bonds. The van der Waals surface area contributed by atoms with E-state index in [4.69, 9.17) is 0 Å². The number of hydrogen-bond donors (Lipinski definition) is 2. The number of aromatic amines is 1. The van der Waals surface area contributed by atoms with Gasteiger partial charge in [0.1, 0.15) is 11.6 Å². The zero-order chi connectivity index (χ0) is 13.7. The van der Waals surface area contributed by atoms with Crippen LogP contribution in [0.15, 0.2) is 24.3 Å². The van der Waals surface area contributed by atoms with Crippen molar-refractivity contribution >= 4 is 0 Å². The molecule has 2 rings (SSSR count). The molecule has 0 saturated carbocycles. The Morgan fingerprint density at radius 3 is 2.63 bits per heavy atom. The molecule has 1 aromatic heterocycles. The van der Waals surface area contributed by atoms with Crippen LogP contribution < -0.4 is 0 Å². The smallest absolute Gasteiger partial charge is 0.157 e. The molecule has 0 saturated heterocycles. The topological polar surface area (TPSA) is 61.8 Å². The highest BCUT2D eigenvalue weighted by Crippen LogP contribution is 2.23. The van der Waals surface area contributed by atoms with Gasteiger partial charge in [0, 0.05) is 12.3 Å². The van der Waals surface area contributed by atoms with Gasteiger partial charge in [-0.1, -0.05) is 38.8 Å². The highest BCUT2D eigenvalue weighted by molar-refractivity contribution is 5.30. The van der Waals surface area contributed by atoms with E-state index in [2.05, 4.69) is 29.0 Å². The predicted molar refractivity (Wildman–Crippen MR) is 75.2 cm³/mol. The van der Waals surface area contributed by atoms with Gasteiger partial charge in [-0.05, 0) is 24.1 Å². The number of rotatable bonds is 6. The Morgan fingerprint density at radius 1 is 1.21 bits per heavy atom. The standard InChI is InChI=1S/C15H21N3O/c1-3-4-5-6-14-16-15(18-17-14)11(2)12-7-9-13(19)10-8-12/h7-11,19H,3-6H2,1-2H3,(H,16,17,18). The number of hydrogen-bond acceptors (Lipinski definition) is 3. The molecule has 1 aromatic carbocycles. The van der Waals surface area contributed by atoms with E-state index in [1.54, 1.807) is 12.1 Å². The molecule has 4 heteroatoms. The van der Waals surface area contributed by atoms with Crippen LogP contribution in [0.25, 0.3) is 0 Å². The zero-order valence-electron chi connectivity index (χ0n) is 11.6. The number of aromatic hydroxyl groups is 1. The number of benzene rings is 1. The summed E-state index contributed by atoms with van der Waals surface area (Å²) in [5.41, 5.74) is 1.11. The van der Waals surface area contributed by atoms with Gasteiger partial charge in [0.2, 0.25) is 0 Å². The van der Waals surface area contributed by atoms with E-state index in [1.807, 2.05) is 12.1 Å². The van der Waals surface area contributed by atoms with E-state index in [1.165, 1.54) is 12.8 Å². The summed E-state index contributed by atoms with van der Waals surface area (Å²) in [6.07, 6.45) is 4.55. The van der Waals surface area contributed by atoms with Gasteiger partial charge in [-0.25, -0.2) is 4.98 Å². The third kappa shape index (κ3) is 3.56. The molecule has 2 aromatic rings. The second-order valence-electron chi connectivity index (χ2n) is 4.91. The number of nitrogens with zero attached hydrogens (tertiary/aromatic N) is 2. The maximum absolute atomic E-state index is 9.30. The lowest BCUT2D eigenvalue weighted by atomic mass is 10.0. The predicted octanol–water partition coefficient (Wildman–Crippen LogP) is 3.39. The van der Waals surface area contributed by atoms with E-state index in [-0.39, 0.29) is 11.7 Å². The van der Waals surface area contributed by atoms with Crippen LogP contribution in [-0.2, 0) is 6.42 Å². The molecule has 0 spiro atoms. The number of unbranched alkanes of at least 4 members (excludes halogenated alkanes) is 2. The summed E-state index contributed by atoms with van der Waals surface area (Å²) in [7, 11) is 0. The average molecular weight is 259 g/mol. The third-order valence-corrected chi connectivity index (χ3v) is 3.35. The zero-order valence-corrected chi connectivity index (χ0v) is 11.6. The molecule has 1 atom stereocenters. The first-order valence-electron chi connectivity index (χ1n) is 6.90. The fourth-order valence-corrected chi connectivity index (χ4v) is 2.07. The summed E-state index contributed by atoms with van der Waals surface area (Å²) in [5, 5.41) is 16.6. The first-order chi connectivity index (χ1) is 9.20. The Morgan fingerprint density at radius 2 is 1.95 bits per heavy atom. The molecule has 19 heavy (non-hydrogen) atoms. The van der Waals surface area contributed by atoms with E-state index >= 15 is 0 Å². The minimum Gasteiger partial charge on any atom is -0.508 e. The van der Waals surface area contributed by atoms with E-state index < -0.39 is 0 Å². The van der Waals surface area contributed by atoms with Crippen molar-refractivity contribution in [2.45, 2.75) is 45.4 Å². The molecule has 0 aliphatic rings. The number of phenolic OH excluding ortho intramolecular Hbond substituents is 1. The van der Waals surface area contributed by atoms with Gasteiger partial charge in [-0.2, -0.15) is 5.10 Å². The first kappa shape index (κ1) is 13.6. The minimum absolute atomic E-state index is 0.136. The second-order valence-corrected chi connectivity index (χ2v) is 4.91.